The maximum atomic E-state index is 11.7. The molecule has 0 saturated heterocycles. The number of aliphatic carboxylic acids is 1. The van der Waals surface area contributed by atoms with E-state index in [1.807, 2.05) is 30.3 Å². The first kappa shape index (κ1) is 15.2. The van der Waals surface area contributed by atoms with Gasteiger partial charge in [0.2, 0.25) is 5.91 Å². The minimum absolute atomic E-state index is 0.340. The lowest BCUT2D eigenvalue weighted by Crippen LogP contribution is -2.48. The fourth-order valence-electron chi connectivity index (χ4n) is 1.72. The molecule has 19 heavy (non-hydrogen) atoms. The van der Waals surface area contributed by atoms with Crippen molar-refractivity contribution >= 4 is 11.9 Å². The molecule has 1 aromatic rings. The second kappa shape index (κ2) is 7.53. The van der Waals surface area contributed by atoms with Crippen LogP contribution in [0.5, 0.6) is 0 Å². The van der Waals surface area contributed by atoms with Crippen LogP contribution in [0.4, 0.5) is 0 Å². The molecule has 5 heteroatoms. The second-order valence-electron chi connectivity index (χ2n) is 4.44. The van der Waals surface area contributed by atoms with Crippen LogP contribution in [0.25, 0.3) is 0 Å². The predicted octanol–water partition coefficient (Wildman–Crippen LogP) is 0.926. The topological polar surface area (TPSA) is 92.4 Å². The van der Waals surface area contributed by atoms with Gasteiger partial charge in [0, 0.05) is 0 Å². The minimum atomic E-state index is -1.04. The maximum absolute atomic E-state index is 11.7. The molecule has 104 valence electrons. The Bertz CT molecular complexity index is 420. The van der Waals surface area contributed by atoms with Gasteiger partial charge in [0.05, 0.1) is 6.04 Å². The summed E-state index contributed by atoms with van der Waals surface area (Å²) in [7, 11) is 0. The summed E-state index contributed by atoms with van der Waals surface area (Å²) in [5.74, 6) is -1.45. The van der Waals surface area contributed by atoms with Gasteiger partial charge in [-0.15, -0.1) is 0 Å². The van der Waals surface area contributed by atoms with Gasteiger partial charge in [-0.05, 0) is 24.8 Å². The van der Waals surface area contributed by atoms with Gasteiger partial charge in [0.15, 0.2) is 0 Å². The summed E-state index contributed by atoms with van der Waals surface area (Å²) in [4.78, 5) is 22.6. The van der Waals surface area contributed by atoms with Crippen LogP contribution in [0.1, 0.15) is 25.3 Å². The minimum Gasteiger partial charge on any atom is -0.480 e. The summed E-state index contributed by atoms with van der Waals surface area (Å²) < 4.78 is 0. The van der Waals surface area contributed by atoms with Crippen molar-refractivity contribution in [3.8, 4) is 0 Å². The molecule has 2 atom stereocenters. The van der Waals surface area contributed by atoms with E-state index >= 15 is 0 Å². The molecule has 0 radical (unpaired) electrons. The van der Waals surface area contributed by atoms with Gasteiger partial charge < -0.3 is 16.2 Å². The number of carbonyl (C=O) groups excluding carboxylic acids is 1. The van der Waals surface area contributed by atoms with Crippen molar-refractivity contribution in [3.05, 3.63) is 35.9 Å². The maximum Gasteiger partial charge on any atom is 0.326 e. The number of hydrogen-bond acceptors (Lipinski definition) is 3. The number of carbonyl (C=O) groups is 2. The van der Waals surface area contributed by atoms with Crippen molar-refractivity contribution < 1.29 is 14.7 Å². The Morgan fingerprint density at radius 3 is 2.47 bits per heavy atom. The van der Waals surface area contributed by atoms with Crippen LogP contribution in [-0.4, -0.2) is 29.1 Å². The fourth-order valence-corrected chi connectivity index (χ4v) is 1.72. The Hall–Kier alpha value is -1.88. The summed E-state index contributed by atoms with van der Waals surface area (Å²) in [5, 5.41) is 11.3. The lowest BCUT2D eigenvalue weighted by Gasteiger charge is -2.16. The van der Waals surface area contributed by atoms with Crippen LogP contribution in [0, 0.1) is 0 Å². The molecule has 0 spiro atoms. The third-order valence-electron chi connectivity index (χ3n) is 2.95. The van der Waals surface area contributed by atoms with Crippen LogP contribution >= 0.6 is 0 Å². The summed E-state index contributed by atoms with van der Waals surface area (Å²) >= 11 is 0. The van der Waals surface area contributed by atoms with Crippen LogP contribution in [0.15, 0.2) is 30.3 Å². The summed E-state index contributed by atoms with van der Waals surface area (Å²) in [6.07, 6.45) is 1.53. The van der Waals surface area contributed by atoms with E-state index in [1.165, 1.54) is 0 Å². The van der Waals surface area contributed by atoms with Gasteiger partial charge in [-0.3, -0.25) is 4.79 Å². The van der Waals surface area contributed by atoms with Crippen molar-refractivity contribution in [3.63, 3.8) is 0 Å². The third kappa shape index (κ3) is 5.09. The van der Waals surface area contributed by atoms with E-state index in [4.69, 9.17) is 10.8 Å². The molecule has 0 aromatic heterocycles. The molecular weight excluding hydrogens is 244 g/mol. The molecule has 0 bridgehead atoms. The van der Waals surface area contributed by atoms with E-state index in [0.29, 0.717) is 19.3 Å². The first-order valence-electron chi connectivity index (χ1n) is 6.37. The number of nitrogens with one attached hydrogen (secondary N) is 1. The van der Waals surface area contributed by atoms with Crippen molar-refractivity contribution in [2.24, 2.45) is 5.73 Å². The van der Waals surface area contributed by atoms with E-state index in [1.54, 1.807) is 6.92 Å². The van der Waals surface area contributed by atoms with E-state index < -0.39 is 24.0 Å². The van der Waals surface area contributed by atoms with Crippen molar-refractivity contribution in [2.45, 2.75) is 38.3 Å². The molecule has 1 rings (SSSR count). The van der Waals surface area contributed by atoms with Gasteiger partial charge >= 0.3 is 5.97 Å². The summed E-state index contributed by atoms with van der Waals surface area (Å²) in [6, 6.07) is 8.17. The SMILES string of the molecule is CC[C@@H](NC(=O)[C@@H](N)CCc1ccccc1)C(=O)O. The van der Waals surface area contributed by atoms with Crippen LogP contribution in [0.3, 0.4) is 0 Å². The third-order valence-corrected chi connectivity index (χ3v) is 2.95. The molecule has 5 nitrogen and oxygen atoms in total. The number of rotatable bonds is 7. The van der Waals surface area contributed by atoms with E-state index in [2.05, 4.69) is 5.32 Å². The largest absolute Gasteiger partial charge is 0.480 e. The summed E-state index contributed by atoms with van der Waals surface area (Å²) in [6.45, 7) is 1.70. The highest BCUT2D eigenvalue weighted by Gasteiger charge is 2.21. The number of aryl methyl sites for hydroxylation is 1. The number of carboxylic acid groups (broad SMARTS) is 1. The number of amides is 1. The normalized spacial score (nSPS) is 13.6. The quantitative estimate of drug-likeness (QED) is 0.683. The zero-order valence-corrected chi connectivity index (χ0v) is 11.0. The van der Waals surface area contributed by atoms with Gasteiger partial charge in [-0.25, -0.2) is 4.79 Å². The molecular formula is C14H20N2O3. The van der Waals surface area contributed by atoms with E-state index in [9.17, 15) is 9.59 Å². The van der Waals surface area contributed by atoms with Gasteiger partial charge in [0.25, 0.3) is 0 Å². The Labute approximate surface area is 112 Å². The summed E-state index contributed by atoms with van der Waals surface area (Å²) in [5.41, 5.74) is 6.87. The number of benzene rings is 1. The highest BCUT2D eigenvalue weighted by atomic mass is 16.4. The Kier molecular flexibility index (Phi) is 6.02. The first-order chi connectivity index (χ1) is 9.04. The standard InChI is InChI=1S/C14H20N2O3/c1-2-12(14(18)19)16-13(17)11(15)9-8-10-6-4-3-5-7-10/h3-7,11-12H,2,8-9,15H2,1H3,(H,16,17)(H,18,19)/t11-,12+/m0/s1. The van der Waals surface area contributed by atoms with Crippen LogP contribution in [-0.2, 0) is 16.0 Å². The van der Waals surface area contributed by atoms with Crippen molar-refractivity contribution in [2.75, 3.05) is 0 Å². The van der Waals surface area contributed by atoms with Gasteiger partial charge in [-0.1, -0.05) is 37.3 Å². The average molecular weight is 264 g/mol. The molecule has 0 fully saturated rings. The first-order valence-corrected chi connectivity index (χ1v) is 6.37. The van der Waals surface area contributed by atoms with Gasteiger partial charge in [-0.2, -0.15) is 0 Å². The highest BCUT2D eigenvalue weighted by Crippen LogP contribution is 2.04. The van der Waals surface area contributed by atoms with Crippen molar-refractivity contribution in [1.82, 2.24) is 5.32 Å². The predicted molar refractivity (Wildman–Crippen MR) is 72.6 cm³/mol. The molecule has 4 N–H and O–H groups in total. The lowest BCUT2D eigenvalue weighted by atomic mass is 10.0. The fraction of sp³-hybridized carbons (Fsp3) is 0.429. The molecule has 0 aliphatic rings. The molecule has 0 aliphatic heterocycles. The van der Waals surface area contributed by atoms with E-state index in [0.717, 1.165) is 5.56 Å². The zero-order valence-electron chi connectivity index (χ0n) is 11.0. The lowest BCUT2D eigenvalue weighted by molar-refractivity contribution is -0.142. The van der Waals surface area contributed by atoms with E-state index in [-0.39, 0.29) is 0 Å². The van der Waals surface area contributed by atoms with Crippen molar-refractivity contribution in [1.29, 1.82) is 0 Å². The Morgan fingerprint density at radius 2 is 1.95 bits per heavy atom. The smallest absolute Gasteiger partial charge is 0.326 e. The zero-order chi connectivity index (χ0) is 14.3. The highest BCUT2D eigenvalue weighted by molar-refractivity contribution is 5.86. The second-order valence-corrected chi connectivity index (χ2v) is 4.44. The average Bonchev–Trinajstić information content (AvgIpc) is 2.42. The van der Waals surface area contributed by atoms with Crippen LogP contribution < -0.4 is 11.1 Å². The Morgan fingerprint density at radius 1 is 1.32 bits per heavy atom. The van der Waals surface area contributed by atoms with Gasteiger partial charge in [0.1, 0.15) is 6.04 Å². The molecule has 0 unspecified atom stereocenters. The molecule has 1 aromatic carbocycles. The number of nitrogens with two attached hydrogens (primary N) is 1. The molecule has 0 heterocycles. The Balaban J connectivity index is 2.42. The van der Waals surface area contributed by atoms with Crippen LogP contribution in [0.2, 0.25) is 0 Å². The molecule has 1 amide bonds. The molecule has 0 saturated carbocycles. The number of carboxylic acids is 1. The molecule has 0 aliphatic carbocycles. The monoisotopic (exact) mass is 264 g/mol. The number of hydrogen-bond donors (Lipinski definition) is 3.